The average molecular weight is 514 g/mol. The van der Waals surface area contributed by atoms with Gasteiger partial charge in [-0.25, -0.2) is 0 Å². The van der Waals surface area contributed by atoms with Gasteiger partial charge < -0.3 is 24.3 Å². The predicted octanol–water partition coefficient (Wildman–Crippen LogP) is 4.93. The van der Waals surface area contributed by atoms with Crippen molar-refractivity contribution in [1.29, 1.82) is 0 Å². The second-order valence-electron chi connectivity index (χ2n) is 9.22. The van der Waals surface area contributed by atoms with Gasteiger partial charge in [0.2, 0.25) is 5.91 Å². The summed E-state index contributed by atoms with van der Waals surface area (Å²) >= 11 is 0. The lowest BCUT2D eigenvalue weighted by atomic mass is 10.1. The molecule has 198 valence electrons. The first-order valence-electron chi connectivity index (χ1n) is 12.9. The molecular weight excluding hydrogens is 478 g/mol. The SMILES string of the molecule is COCCCN(CC(=O)N(CCc1c[nH]c2ccccc12)Cc1ccccc1)C(=O)c1cccc(OC)c1. The Morgan fingerprint density at radius 3 is 2.45 bits per heavy atom. The van der Waals surface area contributed by atoms with E-state index in [1.165, 1.54) is 0 Å². The zero-order chi connectivity index (χ0) is 26.7. The van der Waals surface area contributed by atoms with E-state index in [0.717, 1.165) is 22.0 Å². The molecule has 0 unspecified atom stereocenters. The van der Waals surface area contributed by atoms with Gasteiger partial charge in [-0.1, -0.05) is 54.6 Å². The zero-order valence-corrected chi connectivity index (χ0v) is 22.1. The van der Waals surface area contributed by atoms with E-state index in [2.05, 4.69) is 11.1 Å². The van der Waals surface area contributed by atoms with Gasteiger partial charge in [-0.3, -0.25) is 9.59 Å². The summed E-state index contributed by atoms with van der Waals surface area (Å²) in [5.41, 5.74) is 3.78. The van der Waals surface area contributed by atoms with Gasteiger partial charge in [0.25, 0.3) is 5.91 Å². The van der Waals surface area contributed by atoms with Crippen LogP contribution in [0.1, 0.15) is 27.9 Å². The van der Waals surface area contributed by atoms with Crippen molar-refractivity contribution in [1.82, 2.24) is 14.8 Å². The molecule has 0 fully saturated rings. The quantitative estimate of drug-likeness (QED) is 0.257. The molecule has 38 heavy (non-hydrogen) atoms. The number of para-hydroxylation sites is 1. The van der Waals surface area contributed by atoms with Gasteiger partial charge in [0.05, 0.1) is 7.11 Å². The molecule has 7 nitrogen and oxygen atoms in total. The minimum atomic E-state index is -0.204. The summed E-state index contributed by atoms with van der Waals surface area (Å²) in [6.45, 7) is 1.91. The highest BCUT2D eigenvalue weighted by atomic mass is 16.5. The molecule has 0 bridgehead atoms. The van der Waals surface area contributed by atoms with Gasteiger partial charge in [0.15, 0.2) is 0 Å². The molecule has 7 heteroatoms. The van der Waals surface area contributed by atoms with Crippen molar-refractivity contribution in [3.63, 3.8) is 0 Å². The third-order valence-corrected chi connectivity index (χ3v) is 6.60. The van der Waals surface area contributed by atoms with Crippen LogP contribution in [0.15, 0.2) is 85.1 Å². The highest BCUT2D eigenvalue weighted by Gasteiger charge is 2.23. The van der Waals surface area contributed by atoms with Gasteiger partial charge in [-0.05, 0) is 48.2 Å². The number of ether oxygens (including phenoxy) is 2. The summed E-state index contributed by atoms with van der Waals surface area (Å²) in [6.07, 6.45) is 3.35. The van der Waals surface area contributed by atoms with Crippen LogP contribution in [0.5, 0.6) is 5.75 Å². The zero-order valence-electron chi connectivity index (χ0n) is 22.1. The Bertz CT molecular complexity index is 1340. The second-order valence-corrected chi connectivity index (χ2v) is 9.22. The van der Waals surface area contributed by atoms with Gasteiger partial charge in [0.1, 0.15) is 12.3 Å². The lowest BCUT2D eigenvalue weighted by Gasteiger charge is -2.28. The molecule has 1 heterocycles. The highest BCUT2D eigenvalue weighted by molar-refractivity contribution is 5.97. The summed E-state index contributed by atoms with van der Waals surface area (Å²) in [4.78, 5) is 34.0. The summed E-state index contributed by atoms with van der Waals surface area (Å²) in [7, 11) is 3.20. The highest BCUT2D eigenvalue weighted by Crippen LogP contribution is 2.19. The molecule has 4 aromatic rings. The normalized spacial score (nSPS) is 10.9. The number of nitrogens with zero attached hydrogens (tertiary/aromatic N) is 2. The first-order chi connectivity index (χ1) is 18.6. The predicted molar refractivity (Wildman–Crippen MR) is 149 cm³/mol. The number of hydrogen-bond acceptors (Lipinski definition) is 4. The molecule has 1 aromatic heterocycles. The monoisotopic (exact) mass is 513 g/mol. The van der Waals surface area contributed by atoms with E-state index in [1.54, 1.807) is 43.4 Å². The fraction of sp³-hybridized carbons (Fsp3) is 0.290. The Morgan fingerprint density at radius 1 is 0.868 bits per heavy atom. The number of carbonyl (C=O) groups excluding carboxylic acids is 2. The molecule has 0 saturated heterocycles. The standard InChI is InChI=1S/C31H35N3O4/c1-37-19-9-17-34(31(36)25-12-8-13-27(20-25)38-2)23-30(35)33(22-24-10-4-3-5-11-24)18-16-26-21-32-29-15-7-6-14-28(26)29/h3-8,10-15,20-21,32H,9,16-19,22-23H2,1-2H3. The van der Waals surface area contributed by atoms with E-state index in [0.29, 0.717) is 50.4 Å². The number of amides is 2. The van der Waals surface area contributed by atoms with Crippen LogP contribution in [-0.4, -0.2) is 67.1 Å². The van der Waals surface area contributed by atoms with Crippen molar-refractivity contribution in [3.05, 3.63) is 102 Å². The van der Waals surface area contributed by atoms with Crippen LogP contribution < -0.4 is 4.74 Å². The molecule has 0 saturated carbocycles. The minimum Gasteiger partial charge on any atom is -0.497 e. The van der Waals surface area contributed by atoms with Crippen LogP contribution in [-0.2, 0) is 22.5 Å². The third-order valence-electron chi connectivity index (χ3n) is 6.60. The van der Waals surface area contributed by atoms with Crippen LogP contribution in [0.2, 0.25) is 0 Å². The van der Waals surface area contributed by atoms with Crippen molar-refractivity contribution in [2.24, 2.45) is 0 Å². The fourth-order valence-electron chi connectivity index (χ4n) is 4.54. The van der Waals surface area contributed by atoms with E-state index in [-0.39, 0.29) is 18.4 Å². The molecule has 0 radical (unpaired) electrons. The maximum absolute atomic E-state index is 13.7. The molecule has 0 aliphatic heterocycles. The lowest BCUT2D eigenvalue weighted by molar-refractivity contribution is -0.132. The molecule has 2 amide bonds. The van der Waals surface area contributed by atoms with E-state index in [9.17, 15) is 9.59 Å². The average Bonchev–Trinajstić information content (AvgIpc) is 3.38. The summed E-state index contributed by atoms with van der Waals surface area (Å²) in [6, 6.07) is 25.1. The Hall–Kier alpha value is -4.10. The summed E-state index contributed by atoms with van der Waals surface area (Å²) in [5, 5.41) is 1.16. The number of fused-ring (bicyclic) bond motifs is 1. The summed E-state index contributed by atoms with van der Waals surface area (Å²) < 4.78 is 10.5. The molecular formula is C31H35N3O4. The third kappa shape index (κ3) is 7.01. The Balaban J connectivity index is 1.53. The number of rotatable bonds is 13. The largest absolute Gasteiger partial charge is 0.497 e. The number of H-pyrrole nitrogens is 1. The Labute approximate surface area is 224 Å². The first kappa shape index (κ1) is 26.9. The van der Waals surface area contributed by atoms with Crippen molar-refractivity contribution in [2.45, 2.75) is 19.4 Å². The second kappa shape index (κ2) is 13.4. The number of aromatic amines is 1. The van der Waals surface area contributed by atoms with E-state index >= 15 is 0 Å². The van der Waals surface area contributed by atoms with Crippen LogP contribution in [0, 0.1) is 0 Å². The van der Waals surface area contributed by atoms with Crippen molar-refractivity contribution in [3.8, 4) is 5.75 Å². The van der Waals surface area contributed by atoms with Gasteiger partial charge in [-0.2, -0.15) is 0 Å². The van der Waals surface area contributed by atoms with Crippen LogP contribution in [0.3, 0.4) is 0 Å². The number of methoxy groups -OCH3 is 2. The number of carbonyl (C=O) groups is 2. The maximum Gasteiger partial charge on any atom is 0.254 e. The van der Waals surface area contributed by atoms with Crippen LogP contribution in [0.25, 0.3) is 10.9 Å². The van der Waals surface area contributed by atoms with Gasteiger partial charge in [0, 0.05) is 56.0 Å². The summed E-state index contributed by atoms with van der Waals surface area (Å²) in [5.74, 6) is 0.301. The topological polar surface area (TPSA) is 74.9 Å². The lowest BCUT2D eigenvalue weighted by Crippen LogP contribution is -2.44. The van der Waals surface area contributed by atoms with Gasteiger partial charge in [-0.15, -0.1) is 0 Å². The van der Waals surface area contributed by atoms with Crippen molar-refractivity contribution < 1.29 is 19.1 Å². The molecule has 0 aliphatic rings. The number of aromatic nitrogens is 1. The Kier molecular flexibility index (Phi) is 9.54. The van der Waals surface area contributed by atoms with Crippen LogP contribution >= 0.6 is 0 Å². The number of hydrogen-bond donors (Lipinski definition) is 1. The first-order valence-corrected chi connectivity index (χ1v) is 12.9. The molecule has 0 spiro atoms. The maximum atomic E-state index is 13.7. The smallest absolute Gasteiger partial charge is 0.254 e. The molecule has 0 aliphatic carbocycles. The van der Waals surface area contributed by atoms with E-state index < -0.39 is 0 Å². The molecule has 4 rings (SSSR count). The van der Waals surface area contributed by atoms with Crippen molar-refractivity contribution >= 4 is 22.7 Å². The molecule has 3 aromatic carbocycles. The van der Waals surface area contributed by atoms with Crippen LogP contribution in [0.4, 0.5) is 0 Å². The van der Waals surface area contributed by atoms with Gasteiger partial charge >= 0.3 is 0 Å². The molecule has 1 N–H and O–H groups in total. The van der Waals surface area contributed by atoms with E-state index in [1.807, 2.05) is 59.6 Å². The minimum absolute atomic E-state index is 0.0134. The molecule has 0 atom stereocenters. The van der Waals surface area contributed by atoms with Crippen molar-refractivity contribution in [2.75, 3.05) is 40.5 Å². The number of nitrogens with one attached hydrogen (secondary N) is 1. The fourth-order valence-corrected chi connectivity index (χ4v) is 4.54. The van der Waals surface area contributed by atoms with E-state index in [4.69, 9.17) is 9.47 Å². The Morgan fingerprint density at radius 2 is 1.66 bits per heavy atom. The number of benzene rings is 3.